The molecule has 1 aromatic rings. The molecule has 0 unspecified atom stereocenters. The Kier molecular flexibility index (Phi) is 4.01. The Labute approximate surface area is 106 Å². The highest BCUT2D eigenvalue weighted by Crippen LogP contribution is 2.31. The van der Waals surface area contributed by atoms with E-state index in [1.54, 1.807) is 18.2 Å². The number of hydrogen-bond acceptors (Lipinski definition) is 3. The average Bonchev–Trinajstić information content (AvgIpc) is 2.25. The number of anilines is 1. The van der Waals surface area contributed by atoms with Crippen molar-refractivity contribution < 1.29 is 8.42 Å². The Balaban J connectivity index is 3.51. The molecule has 0 radical (unpaired) electrons. The molecule has 0 aliphatic rings. The zero-order chi connectivity index (χ0) is 13.2. The third kappa shape index (κ3) is 2.90. The standard InChI is InChI=1S/C12H14ClNO2S/c1-5-10-11(9(2)17(13,15)16)7-6-8-12(10)14(3)4/h5-8H,1-2H2,3-4H3. The zero-order valence-electron chi connectivity index (χ0n) is 9.77. The van der Waals surface area contributed by atoms with Crippen LogP contribution in [0.1, 0.15) is 11.1 Å². The Morgan fingerprint density at radius 1 is 1.41 bits per heavy atom. The molecule has 0 saturated carbocycles. The van der Waals surface area contributed by atoms with Gasteiger partial charge in [0.15, 0.2) is 0 Å². The van der Waals surface area contributed by atoms with Crippen molar-refractivity contribution in [3.63, 3.8) is 0 Å². The van der Waals surface area contributed by atoms with Crippen LogP contribution in [-0.2, 0) is 9.05 Å². The van der Waals surface area contributed by atoms with Crippen molar-refractivity contribution in [2.45, 2.75) is 0 Å². The molecule has 0 saturated heterocycles. The topological polar surface area (TPSA) is 37.4 Å². The van der Waals surface area contributed by atoms with E-state index in [1.807, 2.05) is 25.1 Å². The maximum absolute atomic E-state index is 11.3. The van der Waals surface area contributed by atoms with Crippen molar-refractivity contribution >= 4 is 36.4 Å². The largest absolute Gasteiger partial charge is 0.377 e. The molecule has 0 heterocycles. The summed E-state index contributed by atoms with van der Waals surface area (Å²) >= 11 is 0. The third-order valence-electron chi connectivity index (χ3n) is 2.36. The van der Waals surface area contributed by atoms with Crippen LogP contribution in [0, 0.1) is 0 Å². The summed E-state index contributed by atoms with van der Waals surface area (Å²) in [5.41, 5.74) is 2.03. The second-order valence-corrected chi connectivity index (χ2v) is 6.29. The van der Waals surface area contributed by atoms with Crippen LogP contribution >= 0.6 is 10.7 Å². The third-order valence-corrected chi connectivity index (χ3v) is 3.73. The van der Waals surface area contributed by atoms with Crippen molar-refractivity contribution in [3.8, 4) is 0 Å². The van der Waals surface area contributed by atoms with Gasteiger partial charge in [-0.3, -0.25) is 0 Å². The zero-order valence-corrected chi connectivity index (χ0v) is 11.3. The maximum Gasteiger partial charge on any atom is 0.261 e. The fraction of sp³-hybridized carbons (Fsp3) is 0.167. The number of hydrogen-bond donors (Lipinski definition) is 0. The van der Waals surface area contributed by atoms with E-state index in [0.29, 0.717) is 11.1 Å². The quantitative estimate of drug-likeness (QED) is 0.790. The van der Waals surface area contributed by atoms with Gasteiger partial charge in [-0.2, -0.15) is 0 Å². The summed E-state index contributed by atoms with van der Waals surface area (Å²) < 4.78 is 22.6. The first-order chi connectivity index (χ1) is 7.79. The predicted octanol–water partition coefficient (Wildman–Crippen LogP) is 2.93. The number of nitrogens with zero attached hydrogens (tertiary/aromatic N) is 1. The van der Waals surface area contributed by atoms with Crippen molar-refractivity contribution in [2.75, 3.05) is 19.0 Å². The van der Waals surface area contributed by atoms with Gasteiger partial charge in [-0.1, -0.05) is 31.4 Å². The minimum absolute atomic E-state index is 0.113. The first kappa shape index (κ1) is 13.8. The van der Waals surface area contributed by atoms with E-state index in [9.17, 15) is 8.42 Å². The molecule has 92 valence electrons. The number of rotatable bonds is 4. The van der Waals surface area contributed by atoms with Crippen molar-refractivity contribution in [1.82, 2.24) is 0 Å². The van der Waals surface area contributed by atoms with Gasteiger partial charge in [0.05, 0.1) is 4.91 Å². The van der Waals surface area contributed by atoms with Crippen LogP contribution in [0.4, 0.5) is 5.69 Å². The lowest BCUT2D eigenvalue weighted by molar-refractivity contribution is 0.618. The highest BCUT2D eigenvalue weighted by Gasteiger charge is 2.18. The summed E-state index contributed by atoms with van der Waals surface area (Å²) in [7, 11) is 5.21. The van der Waals surface area contributed by atoms with Crippen LogP contribution in [0.2, 0.25) is 0 Å². The van der Waals surface area contributed by atoms with Gasteiger partial charge in [-0.25, -0.2) is 8.42 Å². The lowest BCUT2D eigenvalue weighted by atomic mass is 10.0. The van der Waals surface area contributed by atoms with Gasteiger partial charge in [0, 0.05) is 41.6 Å². The molecule has 1 rings (SSSR count). The number of benzene rings is 1. The highest BCUT2D eigenvalue weighted by molar-refractivity contribution is 8.21. The van der Waals surface area contributed by atoms with E-state index in [2.05, 4.69) is 13.2 Å². The molecule has 1 aromatic carbocycles. The molecular formula is C12H14ClNO2S. The molecular weight excluding hydrogens is 258 g/mol. The molecule has 0 aliphatic carbocycles. The highest BCUT2D eigenvalue weighted by atomic mass is 35.7. The maximum atomic E-state index is 11.3. The summed E-state index contributed by atoms with van der Waals surface area (Å²) in [5, 5.41) is 0. The van der Waals surface area contributed by atoms with Gasteiger partial charge in [0.25, 0.3) is 9.05 Å². The van der Waals surface area contributed by atoms with E-state index in [1.165, 1.54) is 0 Å². The molecule has 0 bridgehead atoms. The molecule has 0 atom stereocenters. The van der Waals surface area contributed by atoms with Gasteiger partial charge in [-0.15, -0.1) is 0 Å². The second-order valence-electron chi connectivity index (χ2n) is 3.70. The predicted molar refractivity (Wildman–Crippen MR) is 74.7 cm³/mol. The lowest BCUT2D eigenvalue weighted by Gasteiger charge is -2.18. The van der Waals surface area contributed by atoms with Gasteiger partial charge < -0.3 is 4.90 Å². The van der Waals surface area contributed by atoms with Gasteiger partial charge in [-0.05, 0) is 6.07 Å². The molecule has 17 heavy (non-hydrogen) atoms. The monoisotopic (exact) mass is 271 g/mol. The summed E-state index contributed by atoms with van der Waals surface area (Å²) in [6.45, 7) is 7.21. The van der Waals surface area contributed by atoms with Gasteiger partial charge in [0.2, 0.25) is 0 Å². The minimum Gasteiger partial charge on any atom is -0.377 e. The van der Waals surface area contributed by atoms with Crippen molar-refractivity contribution in [3.05, 3.63) is 42.5 Å². The summed E-state index contributed by atoms with van der Waals surface area (Å²) in [6, 6.07) is 5.28. The van der Waals surface area contributed by atoms with Crippen LogP contribution in [0.25, 0.3) is 11.0 Å². The minimum atomic E-state index is -3.82. The molecule has 0 spiro atoms. The van der Waals surface area contributed by atoms with E-state index >= 15 is 0 Å². The molecule has 5 heteroatoms. The normalized spacial score (nSPS) is 11.0. The molecule has 0 N–H and O–H groups in total. The Morgan fingerprint density at radius 3 is 2.41 bits per heavy atom. The average molecular weight is 272 g/mol. The fourth-order valence-electron chi connectivity index (χ4n) is 1.53. The lowest BCUT2D eigenvalue weighted by Crippen LogP contribution is -2.11. The van der Waals surface area contributed by atoms with E-state index in [0.717, 1.165) is 5.69 Å². The van der Waals surface area contributed by atoms with E-state index in [4.69, 9.17) is 10.7 Å². The van der Waals surface area contributed by atoms with E-state index < -0.39 is 9.05 Å². The van der Waals surface area contributed by atoms with Crippen molar-refractivity contribution in [1.29, 1.82) is 0 Å². The van der Waals surface area contributed by atoms with Crippen molar-refractivity contribution in [2.24, 2.45) is 0 Å². The van der Waals surface area contributed by atoms with Crippen LogP contribution < -0.4 is 4.90 Å². The molecule has 0 aromatic heterocycles. The number of halogens is 1. The van der Waals surface area contributed by atoms with Crippen LogP contribution in [0.3, 0.4) is 0 Å². The SMILES string of the molecule is C=Cc1c(C(=C)S(=O)(=O)Cl)cccc1N(C)C. The first-order valence-corrected chi connectivity index (χ1v) is 7.16. The molecule has 0 amide bonds. The first-order valence-electron chi connectivity index (χ1n) is 4.85. The second kappa shape index (κ2) is 4.94. The summed E-state index contributed by atoms with van der Waals surface area (Å²) in [4.78, 5) is 1.76. The molecule has 3 nitrogen and oxygen atoms in total. The van der Waals surface area contributed by atoms with Gasteiger partial charge >= 0.3 is 0 Å². The summed E-state index contributed by atoms with van der Waals surface area (Å²) in [6.07, 6.45) is 1.60. The molecule has 0 aliphatic heterocycles. The van der Waals surface area contributed by atoms with Gasteiger partial charge in [0.1, 0.15) is 0 Å². The van der Waals surface area contributed by atoms with E-state index in [-0.39, 0.29) is 4.91 Å². The fourth-order valence-corrected chi connectivity index (χ4v) is 2.22. The van der Waals surface area contributed by atoms with Crippen LogP contribution in [0.15, 0.2) is 31.4 Å². The summed E-state index contributed by atoms with van der Waals surface area (Å²) in [5.74, 6) is 0. The van der Waals surface area contributed by atoms with Crippen LogP contribution in [0.5, 0.6) is 0 Å². The molecule has 0 fully saturated rings. The van der Waals surface area contributed by atoms with Crippen LogP contribution in [-0.4, -0.2) is 22.5 Å². The Hall–Kier alpha value is -1.26. The smallest absolute Gasteiger partial charge is 0.261 e. The Bertz CT molecular complexity index is 562. The Morgan fingerprint density at radius 2 is 2.00 bits per heavy atom.